The highest BCUT2D eigenvalue weighted by molar-refractivity contribution is 5.88. The number of H-pyrrole nitrogens is 2. The Hall–Kier alpha value is -3.09. The molecule has 1 aliphatic carbocycles. The summed E-state index contributed by atoms with van der Waals surface area (Å²) in [5, 5.41) is 9.20. The fourth-order valence-corrected chi connectivity index (χ4v) is 5.35. The van der Waals surface area contributed by atoms with Crippen LogP contribution in [0.3, 0.4) is 0 Å². The van der Waals surface area contributed by atoms with Gasteiger partial charge in [-0.1, -0.05) is 53.5 Å². The van der Waals surface area contributed by atoms with E-state index in [4.69, 9.17) is 0 Å². The molecular formula is C30H45N5O2. The molecular weight excluding hydrogens is 462 g/mol. The minimum Gasteiger partial charge on any atom is -0.378 e. The number of aldehydes is 1. The van der Waals surface area contributed by atoms with Crippen LogP contribution >= 0.6 is 0 Å². The van der Waals surface area contributed by atoms with Crippen LogP contribution in [0.5, 0.6) is 0 Å². The maximum atomic E-state index is 10.5. The lowest BCUT2D eigenvalue weighted by molar-refractivity contribution is -0.123. The standard InChI is InChI=1S/C20H26N4.C10H19NO2/c1-5-20(2)9-8-15-18(12-20)22-23-19(15)17-10-13-6-7-14(24(3)4)11-16(13)21-17;1-4-5-10(2,3)8-11(9-13)6-7-12/h6-7,10-11,21H,5,8-9,12H2,1-4H3,(H,22,23);7,9H,4-6,8H2,1-3H3. The molecule has 2 aromatic heterocycles. The van der Waals surface area contributed by atoms with Crippen molar-refractivity contribution in [1.29, 1.82) is 0 Å². The summed E-state index contributed by atoms with van der Waals surface area (Å²) in [6.07, 6.45) is 8.36. The Labute approximate surface area is 222 Å². The number of nitrogens with zero attached hydrogens (tertiary/aromatic N) is 3. The third-order valence-electron chi connectivity index (χ3n) is 7.78. The molecule has 3 aromatic rings. The third-order valence-corrected chi connectivity index (χ3v) is 7.78. The number of carbonyl (C=O) groups is 2. The normalized spacial score (nSPS) is 17.1. The molecule has 0 aliphatic heterocycles. The summed E-state index contributed by atoms with van der Waals surface area (Å²) in [7, 11) is 4.14. The summed E-state index contributed by atoms with van der Waals surface area (Å²) < 4.78 is 0. The Morgan fingerprint density at radius 1 is 1.16 bits per heavy atom. The Kier molecular flexibility index (Phi) is 9.21. The van der Waals surface area contributed by atoms with Crippen molar-refractivity contribution in [1.82, 2.24) is 20.1 Å². The number of rotatable bonds is 10. The Morgan fingerprint density at radius 2 is 1.92 bits per heavy atom. The summed E-state index contributed by atoms with van der Waals surface area (Å²) >= 11 is 0. The fraction of sp³-hybridized carbons (Fsp3) is 0.567. The van der Waals surface area contributed by atoms with Crippen LogP contribution in [0.25, 0.3) is 22.3 Å². The van der Waals surface area contributed by atoms with Crippen LogP contribution in [0.15, 0.2) is 24.3 Å². The van der Waals surface area contributed by atoms with Gasteiger partial charge < -0.3 is 19.6 Å². The molecule has 0 bridgehead atoms. The van der Waals surface area contributed by atoms with E-state index in [0.717, 1.165) is 49.8 Å². The zero-order chi connectivity index (χ0) is 27.2. The number of benzene rings is 1. The molecule has 0 radical (unpaired) electrons. The summed E-state index contributed by atoms with van der Waals surface area (Å²) in [6, 6.07) is 8.76. The molecule has 202 valence electrons. The average Bonchev–Trinajstić information content (AvgIpc) is 3.46. The SMILES string of the molecule is CCC1(C)CCc2c(-c3cc4ccc(N(C)C)cc4[nH]3)n[nH]c2C1.CCCC(C)(C)CN(C=O)CC=O. The lowest BCUT2D eigenvalue weighted by Crippen LogP contribution is -2.34. The van der Waals surface area contributed by atoms with Gasteiger partial charge in [-0.05, 0) is 54.7 Å². The topological polar surface area (TPSA) is 85.1 Å². The third kappa shape index (κ3) is 7.02. The van der Waals surface area contributed by atoms with Crippen LogP contribution < -0.4 is 4.90 Å². The lowest BCUT2D eigenvalue weighted by Gasteiger charge is -2.32. The van der Waals surface area contributed by atoms with Gasteiger partial charge in [0.15, 0.2) is 0 Å². The molecule has 0 saturated carbocycles. The van der Waals surface area contributed by atoms with Gasteiger partial charge in [0.25, 0.3) is 0 Å². The highest BCUT2D eigenvalue weighted by atomic mass is 16.1. The van der Waals surface area contributed by atoms with E-state index < -0.39 is 0 Å². The molecule has 7 nitrogen and oxygen atoms in total. The molecule has 2 heterocycles. The maximum absolute atomic E-state index is 10.5. The van der Waals surface area contributed by atoms with Crippen LogP contribution in [0.4, 0.5) is 5.69 Å². The van der Waals surface area contributed by atoms with E-state index in [1.54, 1.807) is 0 Å². The largest absolute Gasteiger partial charge is 0.378 e. The highest BCUT2D eigenvalue weighted by Gasteiger charge is 2.31. The molecule has 0 fully saturated rings. The number of aromatic amines is 2. The predicted molar refractivity (Wildman–Crippen MR) is 153 cm³/mol. The van der Waals surface area contributed by atoms with E-state index in [9.17, 15) is 9.59 Å². The molecule has 7 heteroatoms. The van der Waals surface area contributed by atoms with Crippen molar-refractivity contribution in [2.45, 2.75) is 73.1 Å². The second kappa shape index (κ2) is 12.0. The minimum atomic E-state index is 0.110. The van der Waals surface area contributed by atoms with Crippen molar-refractivity contribution in [3.63, 3.8) is 0 Å². The molecule has 1 unspecified atom stereocenters. The number of fused-ring (bicyclic) bond motifs is 2. The number of hydrogen-bond donors (Lipinski definition) is 2. The van der Waals surface area contributed by atoms with Crippen LogP contribution in [-0.4, -0.2) is 60.0 Å². The van der Waals surface area contributed by atoms with Gasteiger partial charge >= 0.3 is 0 Å². The molecule has 1 aromatic carbocycles. The van der Waals surface area contributed by atoms with Crippen LogP contribution in [-0.2, 0) is 22.4 Å². The Balaban J connectivity index is 0.000000251. The van der Waals surface area contributed by atoms with Gasteiger partial charge in [-0.25, -0.2) is 0 Å². The first-order valence-corrected chi connectivity index (χ1v) is 13.5. The van der Waals surface area contributed by atoms with Crippen molar-refractivity contribution in [3.05, 3.63) is 35.5 Å². The summed E-state index contributed by atoms with van der Waals surface area (Å²) in [5.41, 5.74) is 7.86. The molecule has 37 heavy (non-hydrogen) atoms. The second-order valence-corrected chi connectivity index (χ2v) is 11.8. The zero-order valence-electron chi connectivity index (χ0n) is 23.8. The molecule has 2 N–H and O–H groups in total. The van der Waals surface area contributed by atoms with Crippen molar-refractivity contribution in [3.8, 4) is 11.4 Å². The van der Waals surface area contributed by atoms with Gasteiger partial charge in [-0.15, -0.1) is 0 Å². The first kappa shape index (κ1) is 28.5. The predicted octanol–water partition coefficient (Wildman–Crippen LogP) is 6.00. The van der Waals surface area contributed by atoms with Crippen molar-refractivity contribution < 1.29 is 9.59 Å². The summed E-state index contributed by atoms with van der Waals surface area (Å²) in [6.45, 7) is 11.9. The first-order chi connectivity index (χ1) is 17.5. The highest BCUT2D eigenvalue weighted by Crippen LogP contribution is 2.40. The Bertz CT molecular complexity index is 1190. The summed E-state index contributed by atoms with van der Waals surface area (Å²) in [4.78, 5) is 28.0. The molecule has 0 spiro atoms. The molecule has 1 aliphatic rings. The van der Waals surface area contributed by atoms with Gasteiger partial charge in [-0.3, -0.25) is 9.89 Å². The van der Waals surface area contributed by atoms with E-state index in [0.29, 0.717) is 12.0 Å². The number of aromatic nitrogens is 3. The fourth-order valence-electron chi connectivity index (χ4n) is 5.35. The minimum absolute atomic E-state index is 0.110. The molecule has 1 amide bonds. The van der Waals surface area contributed by atoms with Crippen LogP contribution in [0, 0.1) is 10.8 Å². The maximum Gasteiger partial charge on any atom is 0.210 e. The smallest absolute Gasteiger partial charge is 0.210 e. The molecule has 1 atom stereocenters. The number of nitrogens with one attached hydrogen (secondary N) is 2. The van der Waals surface area contributed by atoms with E-state index >= 15 is 0 Å². The number of hydrogen-bond acceptors (Lipinski definition) is 4. The second-order valence-electron chi connectivity index (χ2n) is 11.8. The number of anilines is 1. The van der Waals surface area contributed by atoms with Gasteiger partial charge in [0, 0.05) is 48.5 Å². The van der Waals surface area contributed by atoms with Crippen molar-refractivity contribution >= 4 is 29.3 Å². The number of carbonyl (C=O) groups excluding carboxylic acids is 2. The molecule has 0 saturated heterocycles. The zero-order valence-corrected chi connectivity index (χ0v) is 23.8. The first-order valence-electron chi connectivity index (χ1n) is 13.5. The quantitative estimate of drug-likeness (QED) is 0.330. The summed E-state index contributed by atoms with van der Waals surface area (Å²) in [5.74, 6) is 0. The molecule has 4 rings (SSSR count). The van der Waals surface area contributed by atoms with Crippen LogP contribution in [0.1, 0.15) is 71.6 Å². The van der Waals surface area contributed by atoms with Gasteiger partial charge in [0.1, 0.15) is 12.0 Å². The van der Waals surface area contributed by atoms with Crippen molar-refractivity contribution in [2.75, 3.05) is 32.1 Å². The van der Waals surface area contributed by atoms with Crippen molar-refractivity contribution in [2.24, 2.45) is 10.8 Å². The van der Waals surface area contributed by atoms with E-state index in [1.807, 2.05) is 0 Å². The average molecular weight is 508 g/mol. The van der Waals surface area contributed by atoms with E-state index in [1.165, 1.54) is 45.6 Å². The van der Waals surface area contributed by atoms with Gasteiger partial charge in [-0.2, -0.15) is 5.10 Å². The van der Waals surface area contributed by atoms with Gasteiger partial charge in [0.2, 0.25) is 6.41 Å². The Morgan fingerprint density at radius 3 is 2.54 bits per heavy atom. The van der Waals surface area contributed by atoms with Crippen LogP contribution in [0.2, 0.25) is 0 Å². The van der Waals surface area contributed by atoms with Gasteiger partial charge in [0.05, 0.1) is 12.2 Å². The number of amides is 1. The monoisotopic (exact) mass is 507 g/mol. The van der Waals surface area contributed by atoms with E-state index in [-0.39, 0.29) is 12.0 Å². The lowest BCUT2D eigenvalue weighted by atomic mass is 9.73. The van der Waals surface area contributed by atoms with E-state index in [2.05, 4.69) is 93.1 Å².